The molecule has 116 valence electrons. The van der Waals surface area contributed by atoms with Crippen molar-refractivity contribution in [3.05, 3.63) is 29.3 Å². The van der Waals surface area contributed by atoms with Gasteiger partial charge in [0, 0.05) is 24.7 Å². The molecule has 0 spiro atoms. The first-order valence-electron chi connectivity index (χ1n) is 7.67. The number of carbonyl (C=O) groups is 1. The number of likely N-dealkylation sites (N-methyl/N-ethyl adjacent to an activating group) is 1. The quantitative estimate of drug-likeness (QED) is 0.553. The molecule has 2 rings (SSSR count). The van der Waals surface area contributed by atoms with Gasteiger partial charge in [-0.2, -0.15) is 0 Å². The lowest BCUT2D eigenvalue weighted by Crippen LogP contribution is -2.37. The molecule has 0 heterocycles. The highest BCUT2D eigenvalue weighted by molar-refractivity contribution is 5.94. The Morgan fingerprint density at radius 2 is 2.10 bits per heavy atom. The molecule has 0 aliphatic heterocycles. The summed E-state index contributed by atoms with van der Waals surface area (Å²) in [5.41, 5.74) is 5.09. The summed E-state index contributed by atoms with van der Waals surface area (Å²) < 4.78 is 0. The van der Waals surface area contributed by atoms with Crippen LogP contribution in [0.2, 0.25) is 0 Å². The molecule has 5 nitrogen and oxygen atoms in total. The van der Waals surface area contributed by atoms with E-state index in [1.807, 2.05) is 19.1 Å². The van der Waals surface area contributed by atoms with Gasteiger partial charge in [-0.3, -0.25) is 10.6 Å². The smallest absolute Gasteiger partial charge is 0.251 e. The Morgan fingerprint density at radius 3 is 2.71 bits per heavy atom. The van der Waals surface area contributed by atoms with Gasteiger partial charge in [0.25, 0.3) is 5.91 Å². The van der Waals surface area contributed by atoms with Gasteiger partial charge < -0.3 is 15.6 Å². The van der Waals surface area contributed by atoms with Crippen molar-refractivity contribution in [2.24, 2.45) is 5.84 Å². The van der Waals surface area contributed by atoms with Crippen LogP contribution in [0, 0.1) is 6.92 Å². The third-order valence-electron chi connectivity index (χ3n) is 4.34. The fourth-order valence-corrected chi connectivity index (χ4v) is 2.94. The number of nitrogens with two attached hydrogens (primary N) is 1. The van der Waals surface area contributed by atoms with Crippen LogP contribution in [0.15, 0.2) is 18.2 Å². The maximum atomic E-state index is 12.1. The van der Waals surface area contributed by atoms with Crippen molar-refractivity contribution in [1.29, 1.82) is 0 Å². The summed E-state index contributed by atoms with van der Waals surface area (Å²) in [5.74, 6) is 5.37. The predicted octanol–water partition coefficient (Wildman–Crippen LogP) is 1.88. The Bertz CT molecular complexity index is 483. The minimum atomic E-state index is -0.0264. The van der Waals surface area contributed by atoms with Crippen molar-refractivity contribution in [2.75, 3.05) is 25.6 Å². The monoisotopic (exact) mass is 290 g/mol. The first-order chi connectivity index (χ1) is 10.1. The van der Waals surface area contributed by atoms with Gasteiger partial charge in [-0.1, -0.05) is 12.8 Å². The second-order valence-corrected chi connectivity index (χ2v) is 5.85. The summed E-state index contributed by atoms with van der Waals surface area (Å²) in [6.45, 7) is 3.51. The number of hydrazine groups is 1. The van der Waals surface area contributed by atoms with Gasteiger partial charge in [-0.25, -0.2) is 0 Å². The molecule has 1 fully saturated rings. The van der Waals surface area contributed by atoms with Crippen LogP contribution in [0.1, 0.15) is 41.6 Å². The van der Waals surface area contributed by atoms with E-state index in [1.165, 1.54) is 25.7 Å². The maximum absolute atomic E-state index is 12.1. The number of nitrogens with zero attached hydrogens (tertiary/aromatic N) is 1. The van der Waals surface area contributed by atoms with Crippen molar-refractivity contribution >= 4 is 11.6 Å². The van der Waals surface area contributed by atoms with Gasteiger partial charge in [0.1, 0.15) is 0 Å². The van der Waals surface area contributed by atoms with Crippen molar-refractivity contribution < 1.29 is 4.79 Å². The zero-order chi connectivity index (χ0) is 15.2. The van der Waals surface area contributed by atoms with E-state index in [4.69, 9.17) is 5.84 Å². The summed E-state index contributed by atoms with van der Waals surface area (Å²) in [7, 11) is 2.15. The molecular weight excluding hydrogens is 264 g/mol. The van der Waals surface area contributed by atoms with Gasteiger partial charge in [-0.05, 0) is 50.6 Å². The van der Waals surface area contributed by atoms with Gasteiger partial charge in [-0.15, -0.1) is 0 Å². The molecule has 0 bridgehead atoms. The summed E-state index contributed by atoms with van der Waals surface area (Å²) in [6, 6.07) is 6.16. The molecule has 0 radical (unpaired) electrons. The lowest BCUT2D eigenvalue weighted by Gasteiger charge is -2.23. The Morgan fingerprint density at radius 1 is 1.38 bits per heavy atom. The molecule has 1 amide bonds. The first-order valence-corrected chi connectivity index (χ1v) is 7.67. The molecule has 0 saturated heterocycles. The van der Waals surface area contributed by atoms with E-state index in [9.17, 15) is 4.79 Å². The zero-order valence-electron chi connectivity index (χ0n) is 13.0. The minimum Gasteiger partial charge on any atom is -0.351 e. The van der Waals surface area contributed by atoms with E-state index >= 15 is 0 Å². The third-order valence-corrected chi connectivity index (χ3v) is 4.34. The zero-order valence-corrected chi connectivity index (χ0v) is 13.0. The van der Waals surface area contributed by atoms with Crippen LogP contribution in [-0.4, -0.2) is 37.0 Å². The molecule has 0 aromatic heterocycles. The Balaban J connectivity index is 1.80. The lowest BCUT2D eigenvalue weighted by atomic mass is 10.1. The second kappa shape index (κ2) is 7.43. The number of aryl methyl sites for hydroxylation is 1. The normalized spacial score (nSPS) is 15.4. The number of carbonyl (C=O) groups excluding carboxylic acids is 1. The first kappa shape index (κ1) is 15.8. The van der Waals surface area contributed by atoms with Gasteiger partial charge in [0.05, 0.1) is 5.69 Å². The average Bonchev–Trinajstić information content (AvgIpc) is 3.01. The number of hydrogen-bond donors (Lipinski definition) is 3. The average molecular weight is 290 g/mol. The molecule has 5 heteroatoms. The minimum absolute atomic E-state index is 0.0264. The van der Waals surface area contributed by atoms with Crippen LogP contribution in [0.3, 0.4) is 0 Å². The summed E-state index contributed by atoms with van der Waals surface area (Å²) in [6.07, 6.45) is 5.25. The largest absolute Gasteiger partial charge is 0.351 e. The Labute approximate surface area is 126 Å². The van der Waals surface area contributed by atoms with Gasteiger partial charge in [0.15, 0.2) is 0 Å². The fourth-order valence-electron chi connectivity index (χ4n) is 2.94. The topological polar surface area (TPSA) is 70.4 Å². The summed E-state index contributed by atoms with van der Waals surface area (Å²) >= 11 is 0. The number of anilines is 1. The molecule has 1 aromatic rings. The number of rotatable bonds is 6. The molecule has 4 N–H and O–H groups in total. The number of nitrogens with one attached hydrogen (secondary N) is 2. The van der Waals surface area contributed by atoms with Crippen molar-refractivity contribution in [2.45, 2.75) is 38.6 Å². The van der Waals surface area contributed by atoms with Crippen LogP contribution in [0.25, 0.3) is 0 Å². The van der Waals surface area contributed by atoms with E-state index in [-0.39, 0.29) is 5.91 Å². The van der Waals surface area contributed by atoms with Crippen LogP contribution < -0.4 is 16.6 Å². The number of hydrogen-bond acceptors (Lipinski definition) is 4. The number of nitrogen functional groups attached to an aromatic ring is 1. The van der Waals surface area contributed by atoms with Gasteiger partial charge >= 0.3 is 0 Å². The highest BCUT2D eigenvalue weighted by Gasteiger charge is 2.19. The highest BCUT2D eigenvalue weighted by atomic mass is 16.1. The maximum Gasteiger partial charge on any atom is 0.251 e. The van der Waals surface area contributed by atoms with Crippen molar-refractivity contribution in [3.63, 3.8) is 0 Å². The SMILES string of the molecule is Cc1cc(C(=O)NCCN(C)C2CCCC2)ccc1NN. The third kappa shape index (κ3) is 4.19. The number of benzene rings is 1. The lowest BCUT2D eigenvalue weighted by molar-refractivity contribution is 0.0947. The van der Waals surface area contributed by atoms with Crippen LogP contribution in [0.5, 0.6) is 0 Å². The molecular formula is C16H26N4O. The van der Waals surface area contributed by atoms with E-state index in [0.29, 0.717) is 18.2 Å². The van der Waals surface area contributed by atoms with E-state index in [1.54, 1.807) is 6.07 Å². The molecule has 21 heavy (non-hydrogen) atoms. The van der Waals surface area contributed by atoms with Crippen molar-refractivity contribution in [1.82, 2.24) is 10.2 Å². The van der Waals surface area contributed by atoms with E-state index < -0.39 is 0 Å². The standard InChI is InChI=1S/C16H26N4O/c1-12-11-13(7-8-15(12)19-17)16(21)18-9-10-20(2)14-5-3-4-6-14/h7-8,11,14,19H,3-6,9-10,17H2,1-2H3,(H,18,21). The fraction of sp³-hybridized carbons (Fsp3) is 0.562. The summed E-state index contributed by atoms with van der Waals surface area (Å²) in [4.78, 5) is 14.5. The number of amides is 1. The predicted molar refractivity (Wildman–Crippen MR) is 86.2 cm³/mol. The molecule has 0 unspecified atom stereocenters. The summed E-state index contributed by atoms with van der Waals surface area (Å²) in [5, 5.41) is 2.99. The second-order valence-electron chi connectivity index (χ2n) is 5.85. The van der Waals surface area contributed by atoms with Crippen molar-refractivity contribution in [3.8, 4) is 0 Å². The van der Waals surface area contributed by atoms with Crippen LogP contribution in [-0.2, 0) is 0 Å². The molecule has 1 saturated carbocycles. The van der Waals surface area contributed by atoms with E-state index in [2.05, 4.69) is 22.7 Å². The van der Waals surface area contributed by atoms with Gasteiger partial charge in [0.2, 0.25) is 0 Å². The van der Waals surface area contributed by atoms with E-state index in [0.717, 1.165) is 17.8 Å². The van der Waals surface area contributed by atoms with Crippen LogP contribution >= 0.6 is 0 Å². The molecule has 1 aromatic carbocycles. The Kier molecular flexibility index (Phi) is 5.59. The highest BCUT2D eigenvalue weighted by Crippen LogP contribution is 2.21. The Hall–Kier alpha value is -1.59. The molecule has 1 aliphatic rings. The molecule has 0 atom stereocenters. The molecule has 1 aliphatic carbocycles. The van der Waals surface area contributed by atoms with Crippen LogP contribution in [0.4, 0.5) is 5.69 Å².